The van der Waals surface area contributed by atoms with Crippen LogP contribution >= 0.6 is 0 Å². The van der Waals surface area contributed by atoms with E-state index in [9.17, 15) is 5.11 Å². The number of aliphatic hydroxyl groups excluding tert-OH is 1. The Kier molecular flexibility index (Phi) is 5.17. The van der Waals surface area contributed by atoms with Gasteiger partial charge < -0.3 is 15.2 Å². The van der Waals surface area contributed by atoms with Crippen LogP contribution < -0.4 is 5.32 Å². The third-order valence-corrected chi connectivity index (χ3v) is 3.76. The average molecular weight is 249 g/mol. The van der Waals surface area contributed by atoms with Crippen molar-refractivity contribution in [1.29, 1.82) is 0 Å². The number of rotatable bonds is 5. The molecule has 18 heavy (non-hydrogen) atoms. The highest BCUT2D eigenvalue weighted by molar-refractivity contribution is 5.17. The van der Waals surface area contributed by atoms with Gasteiger partial charge in [0.1, 0.15) is 6.10 Å². The molecule has 0 radical (unpaired) electrons. The molecule has 0 bridgehead atoms. The molecule has 1 aliphatic rings. The number of nitrogens with one attached hydrogen (secondary N) is 1. The fraction of sp³-hybridized carbons (Fsp3) is 0.600. The first-order valence-corrected chi connectivity index (χ1v) is 6.81. The summed E-state index contributed by atoms with van der Waals surface area (Å²) in [4.78, 5) is 0. The van der Waals surface area contributed by atoms with E-state index >= 15 is 0 Å². The Morgan fingerprint density at radius 2 is 1.89 bits per heavy atom. The zero-order chi connectivity index (χ0) is 12.8. The van der Waals surface area contributed by atoms with Crippen molar-refractivity contribution in [2.75, 3.05) is 13.7 Å². The van der Waals surface area contributed by atoms with Gasteiger partial charge in [-0.05, 0) is 38.3 Å². The van der Waals surface area contributed by atoms with Crippen LogP contribution in [0.4, 0.5) is 0 Å². The lowest BCUT2D eigenvalue weighted by Crippen LogP contribution is -2.33. The van der Waals surface area contributed by atoms with Crippen LogP contribution in [0.15, 0.2) is 30.3 Å². The molecule has 100 valence electrons. The molecule has 1 unspecified atom stereocenters. The van der Waals surface area contributed by atoms with Crippen molar-refractivity contribution in [2.45, 2.75) is 43.9 Å². The van der Waals surface area contributed by atoms with Crippen molar-refractivity contribution in [3.63, 3.8) is 0 Å². The van der Waals surface area contributed by atoms with Gasteiger partial charge in [0, 0.05) is 6.04 Å². The van der Waals surface area contributed by atoms with E-state index in [2.05, 4.69) is 5.32 Å². The van der Waals surface area contributed by atoms with E-state index in [1.165, 1.54) is 12.8 Å². The lowest BCUT2D eigenvalue weighted by atomic mass is 9.93. The van der Waals surface area contributed by atoms with Crippen molar-refractivity contribution in [3.8, 4) is 0 Å². The number of aliphatic hydroxyl groups is 1. The van der Waals surface area contributed by atoms with Crippen molar-refractivity contribution in [3.05, 3.63) is 35.9 Å². The summed E-state index contributed by atoms with van der Waals surface area (Å²) in [5.41, 5.74) is 0.932. The molecule has 1 fully saturated rings. The largest absolute Gasteiger partial charge is 0.386 e. The second kappa shape index (κ2) is 6.88. The number of hydrogen-bond acceptors (Lipinski definition) is 3. The Balaban J connectivity index is 1.72. The molecule has 0 aliphatic heterocycles. The maximum Gasteiger partial charge on any atom is 0.102 e. The van der Waals surface area contributed by atoms with Gasteiger partial charge in [0.25, 0.3) is 0 Å². The molecule has 1 atom stereocenters. The van der Waals surface area contributed by atoms with E-state index in [0.29, 0.717) is 18.8 Å². The summed E-state index contributed by atoms with van der Waals surface area (Å²) in [6.07, 6.45) is 4.33. The fourth-order valence-electron chi connectivity index (χ4n) is 2.52. The summed E-state index contributed by atoms with van der Waals surface area (Å²) in [6, 6.07) is 10.4. The maximum absolute atomic E-state index is 10.0. The molecule has 1 aromatic carbocycles. The van der Waals surface area contributed by atoms with Gasteiger partial charge in [-0.3, -0.25) is 0 Å². The van der Waals surface area contributed by atoms with Crippen LogP contribution in [0.1, 0.15) is 37.4 Å². The van der Waals surface area contributed by atoms with E-state index < -0.39 is 6.10 Å². The number of benzene rings is 1. The van der Waals surface area contributed by atoms with Gasteiger partial charge in [0.15, 0.2) is 0 Å². The highest BCUT2D eigenvalue weighted by Crippen LogP contribution is 2.22. The van der Waals surface area contributed by atoms with Crippen molar-refractivity contribution < 1.29 is 9.84 Å². The summed E-state index contributed by atoms with van der Waals surface area (Å²) in [5.74, 6) is 0. The van der Waals surface area contributed by atoms with E-state index in [1.807, 2.05) is 37.4 Å². The highest BCUT2D eigenvalue weighted by Gasteiger charge is 2.21. The average Bonchev–Trinajstić information content (AvgIpc) is 2.46. The third-order valence-electron chi connectivity index (χ3n) is 3.76. The van der Waals surface area contributed by atoms with Gasteiger partial charge in [-0.1, -0.05) is 30.3 Å². The summed E-state index contributed by atoms with van der Waals surface area (Å²) in [6.45, 7) is 0.402. The predicted molar refractivity (Wildman–Crippen MR) is 72.5 cm³/mol. The lowest BCUT2D eigenvalue weighted by molar-refractivity contribution is -0.0274. The van der Waals surface area contributed by atoms with Crippen LogP contribution in [0.2, 0.25) is 0 Å². The van der Waals surface area contributed by atoms with Crippen LogP contribution in [-0.2, 0) is 4.74 Å². The smallest absolute Gasteiger partial charge is 0.102 e. The molecule has 2 rings (SSSR count). The zero-order valence-electron chi connectivity index (χ0n) is 11.0. The van der Waals surface area contributed by atoms with Gasteiger partial charge in [-0.15, -0.1) is 0 Å². The van der Waals surface area contributed by atoms with Crippen molar-refractivity contribution in [1.82, 2.24) is 5.32 Å². The standard InChI is InChI=1S/C15H23NO2/c1-16-13-7-9-14(10-8-13)18-11-15(17)12-5-3-2-4-6-12/h2-6,13-17H,7-11H2,1H3. The van der Waals surface area contributed by atoms with Crippen molar-refractivity contribution >= 4 is 0 Å². The van der Waals surface area contributed by atoms with Crippen LogP contribution in [0.5, 0.6) is 0 Å². The minimum atomic E-state index is -0.506. The Morgan fingerprint density at radius 1 is 1.22 bits per heavy atom. The van der Waals surface area contributed by atoms with Gasteiger partial charge in [0.05, 0.1) is 12.7 Å². The molecular formula is C15H23NO2. The Hall–Kier alpha value is -0.900. The summed E-state index contributed by atoms with van der Waals surface area (Å²) in [7, 11) is 2.02. The molecule has 1 aromatic rings. The van der Waals surface area contributed by atoms with Crippen LogP contribution in [0.25, 0.3) is 0 Å². The molecule has 1 saturated carbocycles. The van der Waals surface area contributed by atoms with Crippen molar-refractivity contribution in [2.24, 2.45) is 0 Å². The van der Waals surface area contributed by atoms with E-state index in [4.69, 9.17) is 4.74 Å². The van der Waals surface area contributed by atoms with E-state index in [1.54, 1.807) is 0 Å². The molecule has 3 nitrogen and oxygen atoms in total. The van der Waals surface area contributed by atoms with Crippen LogP contribution in [0.3, 0.4) is 0 Å². The topological polar surface area (TPSA) is 41.5 Å². The monoisotopic (exact) mass is 249 g/mol. The molecule has 0 heterocycles. The number of hydrogen-bond donors (Lipinski definition) is 2. The summed E-state index contributed by atoms with van der Waals surface area (Å²) >= 11 is 0. The summed E-state index contributed by atoms with van der Waals surface area (Å²) in [5, 5.41) is 13.3. The van der Waals surface area contributed by atoms with Gasteiger partial charge in [-0.2, -0.15) is 0 Å². The van der Waals surface area contributed by atoms with Crippen LogP contribution in [0, 0.1) is 0 Å². The molecule has 2 N–H and O–H groups in total. The molecule has 3 heteroatoms. The minimum absolute atomic E-state index is 0.313. The zero-order valence-corrected chi connectivity index (χ0v) is 11.0. The van der Waals surface area contributed by atoms with E-state index in [0.717, 1.165) is 18.4 Å². The third kappa shape index (κ3) is 3.80. The van der Waals surface area contributed by atoms with Crippen LogP contribution in [-0.4, -0.2) is 30.9 Å². The minimum Gasteiger partial charge on any atom is -0.386 e. The highest BCUT2D eigenvalue weighted by atomic mass is 16.5. The molecule has 0 aromatic heterocycles. The van der Waals surface area contributed by atoms with Gasteiger partial charge in [-0.25, -0.2) is 0 Å². The first-order chi connectivity index (χ1) is 8.79. The number of ether oxygens (including phenoxy) is 1. The molecule has 0 spiro atoms. The fourth-order valence-corrected chi connectivity index (χ4v) is 2.52. The first-order valence-electron chi connectivity index (χ1n) is 6.81. The van der Waals surface area contributed by atoms with E-state index in [-0.39, 0.29) is 0 Å². The van der Waals surface area contributed by atoms with Gasteiger partial charge >= 0.3 is 0 Å². The Labute approximate surface area is 109 Å². The Morgan fingerprint density at radius 3 is 2.50 bits per heavy atom. The normalized spacial score (nSPS) is 25.9. The lowest BCUT2D eigenvalue weighted by Gasteiger charge is -2.28. The molecule has 0 saturated heterocycles. The second-order valence-corrected chi connectivity index (χ2v) is 5.02. The van der Waals surface area contributed by atoms with Gasteiger partial charge in [0.2, 0.25) is 0 Å². The first kappa shape index (κ1) is 13.5. The molecular weight excluding hydrogens is 226 g/mol. The Bertz CT molecular complexity index is 334. The quantitative estimate of drug-likeness (QED) is 0.841. The SMILES string of the molecule is CNC1CCC(OCC(O)c2ccccc2)CC1. The maximum atomic E-state index is 10.0. The summed E-state index contributed by atoms with van der Waals surface area (Å²) < 4.78 is 5.81. The second-order valence-electron chi connectivity index (χ2n) is 5.02. The molecule has 0 amide bonds. The molecule has 1 aliphatic carbocycles. The predicted octanol–water partition coefficient (Wildman–Crippen LogP) is 2.27.